The lowest BCUT2D eigenvalue weighted by Crippen LogP contribution is -2.18. The first-order valence-electron chi connectivity index (χ1n) is 18.9. The van der Waals surface area contributed by atoms with E-state index in [1.807, 2.05) is 0 Å². The molecule has 0 spiro atoms. The van der Waals surface area contributed by atoms with Gasteiger partial charge in [-0.25, -0.2) is 0 Å². The van der Waals surface area contributed by atoms with Gasteiger partial charge < -0.3 is 4.90 Å². The summed E-state index contributed by atoms with van der Waals surface area (Å²) in [7, 11) is 0. The third-order valence-corrected chi connectivity index (χ3v) is 12.6. The number of anilines is 3. The van der Waals surface area contributed by atoms with E-state index in [4.69, 9.17) is 0 Å². The van der Waals surface area contributed by atoms with Gasteiger partial charge in [-0.15, -0.1) is 0 Å². The smallest absolute Gasteiger partial charge is 0.0546 e. The van der Waals surface area contributed by atoms with Gasteiger partial charge in [-0.3, -0.25) is 0 Å². The van der Waals surface area contributed by atoms with Crippen molar-refractivity contribution in [1.82, 2.24) is 0 Å². The van der Waals surface area contributed by atoms with E-state index in [9.17, 15) is 0 Å². The number of benzene rings is 9. The molecule has 252 valence electrons. The van der Waals surface area contributed by atoms with Gasteiger partial charge in [0.1, 0.15) is 0 Å². The number of para-hydroxylation sites is 1. The van der Waals surface area contributed by atoms with E-state index in [0.717, 1.165) is 5.69 Å². The fourth-order valence-corrected chi connectivity index (χ4v) is 10.1. The number of hydrogen-bond donors (Lipinski definition) is 0. The molecule has 0 saturated heterocycles. The molecule has 0 bridgehead atoms. The molecular formula is C52H39N. The van der Waals surface area contributed by atoms with Gasteiger partial charge in [0, 0.05) is 27.3 Å². The predicted molar refractivity (Wildman–Crippen MR) is 226 cm³/mol. The maximum absolute atomic E-state index is 2.55. The Bertz CT molecular complexity index is 3000. The van der Waals surface area contributed by atoms with E-state index < -0.39 is 0 Å². The van der Waals surface area contributed by atoms with Crippen LogP contribution in [0.25, 0.3) is 65.3 Å². The van der Waals surface area contributed by atoms with Crippen molar-refractivity contribution >= 4 is 60.2 Å². The Morgan fingerprint density at radius 3 is 1.49 bits per heavy atom. The van der Waals surface area contributed by atoms with E-state index in [-0.39, 0.29) is 10.8 Å². The summed E-state index contributed by atoms with van der Waals surface area (Å²) in [5.41, 5.74) is 14.3. The summed E-state index contributed by atoms with van der Waals surface area (Å²) in [4.78, 5) is 2.55. The van der Waals surface area contributed by atoms with Crippen LogP contribution >= 0.6 is 0 Å². The normalized spacial score (nSPS) is 14.7. The largest absolute Gasteiger partial charge is 0.309 e. The average Bonchev–Trinajstić information content (AvgIpc) is 3.58. The molecule has 0 N–H and O–H groups in total. The third kappa shape index (κ3) is 4.03. The molecule has 11 rings (SSSR count). The monoisotopic (exact) mass is 677 g/mol. The molecule has 0 fully saturated rings. The minimum atomic E-state index is -0.183. The first-order chi connectivity index (χ1) is 25.8. The SMILES string of the molecule is CC1(C)c2ccc3ccccc3c2-c2c1cc(N(c1ccccc1)c1cc3c(c4ccccc14)C(C)(C)c1ccc4ccccc4c1-3)c1ccccc21. The summed E-state index contributed by atoms with van der Waals surface area (Å²) in [6.45, 7) is 9.63. The van der Waals surface area contributed by atoms with Gasteiger partial charge >= 0.3 is 0 Å². The van der Waals surface area contributed by atoms with E-state index in [1.54, 1.807) is 0 Å². The lowest BCUT2D eigenvalue weighted by molar-refractivity contribution is 0.661. The summed E-state index contributed by atoms with van der Waals surface area (Å²) >= 11 is 0. The fourth-order valence-electron chi connectivity index (χ4n) is 10.1. The molecule has 0 saturated carbocycles. The van der Waals surface area contributed by atoms with Crippen LogP contribution < -0.4 is 4.90 Å². The van der Waals surface area contributed by atoms with Gasteiger partial charge in [0.15, 0.2) is 0 Å². The van der Waals surface area contributed by atoms with E-state index in [1.165, 1.54) is 99.0 Å². The van der Waals surface area contributed by atoms with Crippen molar-refractivity contribution in [3.63, 3.8) is 0 Å². The molecule has 2 aliphatic carbocycles. The summed E-state index contributed by atoms with van der Waals surface area (Å²) < 4.78 is 0. The highest BCUT2D eigenvalue weighted by Gasteiger charge is 2.41. The molecule has 0 radical (unpaired) electrons. The van der Waals surface area contributed by atoms with Gasteiger partial charge in [0.2, 0.25) is 0 Å². The minimum Gasteiger partial charge on any atom is -0.309 e. The number of nitrogens with zero attached hydrogens (tertiary/aromatic N) is 1. The van der Waals surface area contributed by atoms with Crippen molar-refractivity contribution in [1.29, 1.82) is 0 Å². The quantitative estimate of drug-likeness (QED) is 0.180. The molecule has 0 unspecified atom stereocenters. The topological polar surface area (TPSA) is 3.24 Å². The third-order valence-electron chi connectivity index (χ3n) is 12.6. The van der Waals surface area contributed by atoms with E-state index in [2.05, 4.69) is 196 Å². The van der Waals surface area contributed by atoms with Crippen LogP contribution in [-0.4, -0.2) is 0 Å². The lowest BCUT2D eigenvalue weighted by atomic mass is 9.79. The lowest BCUT2D eigenvalue weighted by Gasteiger charge is -2.32. The first-order valence-corrected chi connectivity index (χ1v) is 18.9. The molecule has 0 heterocycles. The predicted octanol–water partition coefficient (Wildman–Crippen LogP) is 14.4. The van der Waals surface area contributed by atoms with Gasteiger partial charge in [0.25, 0.3) is 0 Å². The Hall–Kier alpha value is -6.18. The van der Waals surface area contributed by atoms with Crippen LogP contribution in [0.2, 0.25) is 0 Å². The van der Waals surface area contributed by atoms with Gasteiger partial charge in [0.05, 0.1) is 11.4 Å². The molecule has 0 aliphatic heterocycles. The van der Waals surface area contributed by atoms with Crippen LogP contribution in [0.3, 0.4) is 0 Å². The maximum atomic E-state index is 2.55. The molecule has 53 heavy (non-hydrogen) atoms. The molecule has 1 nitrogen and oxygen atoms in total. The number of hydrogen-bond acceptors (Lipinski definition) is 1. The molecule has 1 heteroatoms. The molecule has 0 aromatic heterocycles. The second-order valence-corrected chi connectivity index (χ2v) is 16.1. The standard InChI is InChI=1S/C52H39N/c1-51(2)43-29-27-33-17-9-11-21-36(33)48(43)49-39-24-14-12-22-37(39)46(31-44(49)51)53(34-18-6-5-7-19-34)45-30-41-47-35-20-10-8-16-32(35)26-28-42(47)52(3,4)50(41)40-25-15-13-23-38(40)45/h5-31H,1-4H3. The van der Waals surface area contributed by atoms with Gasteiger partial charge in [-0.2, -0.15) is 0 Å². The van der Waals surface area contributed by atoms with Crippen LogP contribution in [0.15, 0.2) is 164 Å². The Morgan fingerprint density at radius 1 is 0.358 bits per heavy atom. The highest BCUT2D eigenvalue weighted by molar-refractivity contribution is 6.17. The summed E-state index contributed by atoms with van der Waals surface area (Å²) in [6.07, 6.45) is 0. The van der Waals surface area contributed by atoms with E-state index in [0.29, 0.717) is 0 Å². The fraction of sp³-hybridized carbons (Fsp3) is 0.115. The van der Waals surface area contributed by atoms with Crippen LogP contribution in [0.4, 0.5) is 17.1 Å². The Balaban J connectivity index is 1.27. The molecule has 0 atom stereocenters. The zero-order valence-electron chi connectivity index (χ0n) is 30.5. The Morgan fingerprint density at radius 2 is 0.830 bits per heavy atom. The average molecular weight is 678 g/mol. The summed E-state index contributed by atoms with van der Waals surface area (Å²) in [6, 6.07) is 61.4. The van der Waals surface area contributed by atoms with Crippen molar-refractivity contribution in [3.05, 3.63) is 186 Å². The van der Waals surface area contributed by atoms with Crippen molar-refractivity contribution in [2.75, 3.05) is 4.90 Å². The van der Waals surface area contributed by atoms with Gasteiger partial charge in [-0.05, 0) is 101 Å². The second-order valence-electron chi connectivity index (χ2n) is 16.1. The van der Waals surface area contributed by atoms with Crippen LogP contribution in [-0.2, 0) is 10.8 Å². The molecule has 2 aliphatic rings. The number of fused-ring (bicyclic) bond motifs is 14. The summed E-state index contributed by atoms with van der Waals surface area (Å²) in [5.74, 6) is 0. The molecule has 0 amide bonds. The van der Waals surface area contributed by atoms with E-state index >= 15 is 0 Å². The Labute approximate surface area is 310 Å². The zero-order chi connectivity index (χ0) is 35.6. The van der Waals surface area contributed by atoms with Crippen molar-refractivity contribution in [2.24, 2.45) is 0 Å². The highest BCUT2D eigenvalue weighted by Crippen LogP contribution is 2.59. The van der Waals surface area contributed by atoms with Crippen molar-refractivity contribution in [2.45, 2.75) is 38.5 Å². The second kappa shape index (κ2) is 10.7. The zero-order valence-corrected chi connectivity index (χ0v) is 30.5. The molecular weight excluding hydrogens is 639 g/mol. The van der Waals surface area contributed by atoms with Crippen molar-refractivity contribution < 1.29 is 0 Å². The van der Waals surface area contributed by atoms with Crippen LogP contribution in [0.5, 0.6) is 0 Å². The first kappa shape index (κ1) is 30.4. The van der Waals surface area contributed by atoms with Crippen molar-refractivity contribution in [3.8, 4) is 22.3 Å². The maximum Gasteiger partial charge on any atom is 0.0546 e. The van der Waals surface area contributed by atoms with Crippen LogP contribution in [0.1, 0.15) is 49.9 Å². The molecule has 9 aromatic carbocycles. The number of rotatable bonds is 3. The minimum absolute atomic E-state index is 0.150. The molecule has 9 aromatic rings. The van der Waals surface area contributed by atoms with Gasteiger partial charge in [-0.1, -0.05) is 167 Å². The highest BCUT2D eigenvalue weighted by atomic mass is 15.1. The van der Waals surface area contributed by atoms with Crippen LogP contribution in [0, 0.1) is 0 Å². The summed E-state index contributed by atoms with van der Waals surface area (Å²) in [5, 5.41) is 10.3. The Kier molecular flexibility index (Phi) is 6.14.